The Labute approximate surface area is 109 Å². The van der Waals surface area contributed by atoms with Crippen LogP contribution in [0.2, 0.25) is 0 Å². The van der Waals surface area contributed by atoms with E-state index in [-0.39, 0.29) is 0 Å². The van der Waals surface area contributed by atoms with Crippen LogP contribution in [0.3, 0.4) is 0 Å². The summed E-state index contributed by atoms with van der Waals surface area (Å²) in [5, 5.41) is 7.72. The van der Waals surface area contributed by atoms with Gasteiger partial charge in [-0.1, -0.05) is 6.92 Å². The Morgan fingerprint density at radius 3 is 2.94 bits per heavy atom. The topological polar surface area (TPSA) is 52.0 Å². The molecule has 1 saturated heterocycles. The summed E-state index contributed by atoms with van der Waals surface area (Å²) in [5.41, 5.74) is 0. The molecule has 0 spiro atoms. The van der Waals surface area contributed by atoms with Crippen LogP contribution in [0.15, 0.2) is 6.33 Å². The van der Waals surface area contributed by atoms with E-state index in [0.29, 0.717) is 18.2 Å². The van der Waals surface area contributed by atoms with Crippen molar-refractivity contribution in [3.63, 3.8) is 0 Å². The second-order valence-electron chi connectivity index (χ2n) is 5.13. The lowest BCUT2D eigenvalue weighted by Crippen LogP contribution is -2.42. The van der Waals surface area contributed by atoms with Gasteiger partial charge in [0.1, 0.15) is 12.2 Å². The fourth-order valence-corrected chi connectivity index (χ4v) is 2.50. The molecular formula is C13H24N4O. The molecule has 18 heavy (non-hydrogen) atoms. The highest BCUT2D eigenvalue weighted by Crippen LogP contribution is 2.23. The summed E-state index contributed by atoms with van der Waals surface area (Å²) in [6, 6.07) is 0.345. The van der Waals surface area contributed by atoms with Crippen molar-refractivity contribution in [1.82, 2.24) is 20.1 Å². The van der Waals surface area contributed by atoms with E-state index in [0.717, 1.165) is 38.1 Å². The van der Waals surface area contributed by atoms with Crippen LogP contribution in [-0.2, 0) is 18.2 Å². The Balaban J connectivity index is 1.98. The van der Waals surface area contributed by atoms with Crippen LogP contribution in [0, 0.1) is 0 Å². The number of aromatic nitrogens is 3. The van der Waals surface area contributed by atoms with Crippen molar-refractivity contribution in [2.45, 2.75) is 57.8 Å². The van der Waals surface area contributed by atoms with E-state index in [1.807, 2.05) is 11.7 Å². The van der Waals surface area contributed by atoms with Crippen LogP contribution < -0.4 is 5.32 Å². The summed E-state index contributed by atoms with van der Waals surface area (Å²) < 4.78 is 7.84. The number of nitrogens with zero attached hydrogens (tertiary/aromatic N) is 3. The van der Waals surface area contributed by atoms with Crippen LogP contribution in [0.4, 0.5) is 0 Å². The molecule has 5 heteroatoms. The molecule has 0 aromatic carbocycles. The molecule has 0 amide bonds. The molecule has 1 aliphatic heterocycles. The maximum Gasteiger partial charge on any atom is 0.138 e. The monoisotopic (exact) mass is 252 g/mol. The van der Waals surface area contributed by atoms with Gasteiger partial charge in [0.25, 0.3) is 0 Å². The van der Waals surface area contributed by atoms with Crippen LogP contribution in [0.5, 0.6) is 0 Å². The van der Waals surface area contributed by atoms with Gasteiger partial charge in [0, 0.05) is 19.5 Å². The van der Waals surface area contributed by atoms with E-state index >= 15 is 0 Å². The molecule has 0 bridgehead atoms. The van der Waals surface area contributed by atoms with E-state index in [9.17, 15) is 0 Å². The maximum absolute atomic E-state index is 5.99. The SMILES string of the molecule is CCCNC(Cc1ncnn1C)C1CCC(C)O1. The highest BCUT2D eigenvalue weighted by molar-refractivity contribution is 4.94. The van der Waals surface area contributed by atoms with Crippen molar-refractivity contribution in [2.75, 3.05) is 6.54 Å². The number of nitrogens with one attached hydrogen (secondary N) is 1. The highest BCUT2D eigenvalue weighted by Gasteiger charge is 2.30. The molecule has 1 aromatic rings. The highest BCUT2D eigenvalue weighted by atomic mass is 16.5. The summed E-state index contributed by atoms with van der Waals surface area (Å²) in [6.45, 7) is 5.36. The Morgan fingerprint density at radius 1 is 1.56 bits per heavy atom. The Morgan fingerprint density at radius 2 is 2.39 bits per heavy atom. The van der Waals surface area contributed by atoms with Gasteiger partial charge in [-0.25, -0.2) is 4.98 Å². The summed E-state index contributed by atoms with van der Waals surface area (Å²) in [7, 11) is 1.94. The molecule has 1 aromatic heterocycles. The molecule has 0 saturated carbocycles. The van der Waals surface area contributed by atoms with Gasteiger partial charge in [-0.3, -0.25) is 4.68 Å². The van der Waals surface area contributed by atoms with Crippen LogP contribution in [0.25, 0.3) is 0 Å². The minimum atomic E-state index is 0.309. The van der Waals surface area contributed by atoms with Gasteiger partial charge in [0.05, 0.1) is 12.2 Å². The minimum Gasteiger partial charge on any atom is -0.374 e. The number of rotatable bonds is 6. The zero-order chi connectivity index (χ0) is 13.0. The standard InChI is InChI=1S/C13H24N4O/c1-4-7-14-11(12-6-5-10(2)18-12)8-13-15-9-16-17(13)3/h9-12,14H,4-8H2,1-3H3. The number of ether oxygens (including phenoxy) is 1. The fraction of sp³-hybridized carbons (Fsp3) is 0.846. The fourth-order valence-electron chi connectivity index (χ4n) is 2.50. The third-order valence-electron chi connectivity index (χ3n) is 3.58. The molecule has 2 rings (SSSR count). The average Bonchev–Trinajstić information content (AvgIpc) is 2.94. The summed E-state index contributed by atoms with van der Waals surface area (Å²) in [4.78, 5) is 4.31. The average molecular weight is 252 g/mol. The second kappa shape index (κ2) is 6.29. The van der Waals surface area contributed by atoms with E-state index in [2.05, 4.69) is 29.2 Å². The van der Waals surface area contributed by atoms with Gasteiger partial charge < -0.3 is 10.1 Å². The first-order chi connectivity index (χ1) is 8.70. The van der Waals surface area contributed by atoms with E-state index in [1.165, 1.54) is 0 Å². The summed E-state index contributed by atoms with van der Waals surface area (Å²) >= 11 is 0. The predicted molar refractivity (Wildman–Crippen MR) is 70.4 cm³/mol. The molecule has 1 aliphatic rings. The molecule has 3 atom stereocenters. The number of hydrogen-bond acceptors (Lipinski definition) is 4. The molecule has 102 valence electrons. The smallest absolute Gasteiger partial charge is 0.138 e. The second-order valence-corrected chi connectivity index (χ2v) is 5.13. The van der Waals surface area contributed by atoms with Gasteiger partial charge >= 0.3 is 0 Å². The van der Waals surface area contributed by atoms with Crippen molar-refractivity contribution in [3.05, 3.63) is 12.2 Å². The van der Waals surface area contributed by atoms with E-state index in [1.54, 1.807) is 6.33 Å². The summed E-state index contributed by atoms with van der Waals surface area (Å²) in [5.74, 6) is 1.02. The van der Waals surface area contributed by atoms with Crippen molar-refractivity contribution in [2.24, 2.45) is 7.05 Å². The van der Waals surface area contributed by atoms with Gasteiger partial charge in [-0.15, -0.1) is 0 Å². The molecule has 2 heterocycles. The normalized spacial score (nSPS) is 25.5. The minimum absolute atomic E-state index is 0.309. The third-order valence-corrected chi connectivity index (χ3v) is 3.58. The van der Waals surface area contributed by atoms with Crippen molar-refractivity contribution < 1.29 is 4.74 Å². The Kier molecular flexibility index (Phi) is 4.72. The zero-order valence-corrected chi connectivity index (χ0v) is 11.6. The predicted octanol–water partition coefficient (Wildman–Crippen LogP) is 1.29. The van der Waals surface area contributed by atoms with Crippen LogP contribution in [-0.4, -0.2) is 39.6 Å². The van der Waals surface area contributed by atoms with Gasteiger partial charge in [-0.05, 0) is 32.7 Å². The van der Waals surface area contributed by atoms with Gasteiger partial charge in [0.2, 0.25) is 0 Å². The molecule has 3 unspecified atom stereocenters. The molecular weight excluding hydrogens is 228 g/mol. The first kappa shape index (κ1) is 13.5. The quantitative estimate of drug-likeness (QED) is 0.829. The van der Waals surface area contributed by atoms with Crippen LogP contribution in [0.1, 0.15) is 38.9 Å². The molecule has 1 fully saturated rings. The number of hydrogen-bond donors (Lipinski definition) is 1. The first-order valence-corrected chi connectivity index (χ1v) is 6.92. The van der Waals surface area contributed by atoms with Gasteiger partial charge in [-0.2, -0.15) is 5.10 Å². The third kappa shape index (κ3) is 3.29. The summed E-state index contributed by atoms with van der Waals surface area (Å²) in [6.07, 6.45) is 6.63. The van der Waals surface area contributed by atoms with Crippen molar-refractivity contribution >= 4 is 0 Å². The van der Waals surface area contributed by atoms with Gasteiger partial charge in [0.15, 0.2) is 0 Å². The van der Waals surface area contributed by atoms with Crippen molar-refractivity contribution in [1.29, 1.82) is 0 Å². The number of aryl methyl sites for hydroxylation is 1. The lowest BCUT2D eigenvalue weighted by Gasteiger charge is -2.24. The largest absolute Gasteiger partial charge is 0.374 e. The first-order valence-electron chi connectivity index (χ1n) is 6.92. The van der Waals surface area contributed by atoms with E-state index in [4.69, 9.17) is 4.74 Å². The lowest BCUT2D eigenvalue weighted by molar-refractivity contribution is 0.0315. The molecule has 0 radical (unpaired) electrons. The maximum atomic E-state index is 5.99. The zero-order valence-electron chi connectivity index (χ0n) is 11.6. The molecule has 1 N–H and O–H groups in total. The van der Waals surface area contributed by atoms with E-state index < -0.39 is 0 Å². The Hall–Kier alpha value is -0.940. The lowest BCUT2D eigenvalue weighted by atomic mass is 10.0. The molecule has 5 nitrogen and oxygen atoms in total. The van der Waals surface area contributed by atoms with Crippen LogP contribution >= 0.6 is 0 Å². The molecule has 0 aliphatic carbocycles. The van der Waals surface area contributed by atoms with Crippen molar-refractivity contribution in [3.8, 4) is 0 Å². The Bertz CT molecular complexity index is 366.